The number of carbonyl (C=O) groups excluding carboxylic acids is 1. The first-order chi connectivity index (χ1) is 10.9. The van der Waals surface area contributed by atoms with E-state index in [1.807, 2.05) is 42.5 Å². The number of ether oxygens (including phenoxy) is 1. The Morgan fingerprint density at radius 3 is 2.39 bits per heavy atom. The van der Waals surface area contributed by atoms with Crippen molar-refractivity contribution in [3.05, 3.63) is 71.3 Å². The molecule has 23 heavy (non-hydrogen) atoms. The van der Waals surface area contributed by atoms with Crippen molar-refractivity contribution in [2.45, 2.75) is 26.4 Å². The zero-order chi connectivity index (χ0) is 16.9. The van der Waals surface area contributed by atoms with Crippen molar-refractivity contribution in [1.29, 1.82) is 0 Å². The van der Waals surface area contributed by atoms with Crippen LogP contribution in [-0.2, 0) is 9.53 Å². The summed E-state index contributed by atoms with van der Waals surface area (Å²) >= 11 is 0. The number of benzene rings is 1. The van der Waals surface area contributed by atoms with Gasteiger partial charge in [-0.05, 0) is 44.5 Å². The lowest BCUT2D eigenvalue weighted by Crippen LogP contribution is -2.24. The van der Waals surface area contributed by atoms with Crippen LogP contribution in [0.1, 0.15) is 26.3 Å². The molecular weight excluding hydrogens is 288 g/mol. The molecule has 2 aromatic rings. The highest BCUT2D eigenvalue weighted by Gasteiger charge is 2.20. The minimum Gasteiger partial charge on any atom is -0.465 e. The van der Waals surface area contributed by atoms with Crippen molar-refractivity contribution >= 4 is 12.0 Å². The first-order valence-corrected chi connectivity index (χ1v) is 7.23. The molecule has 0 aliphatic rings. The second kappa shape index (κ2) is 6.89. The van der Waals surface area contributed by atoms with E-state index in [9.17, 15) is 4.79 Å². The van der Waals surface area contributed by atoms with E-state index < -0.39 is 11.6 Å². The van der Waals surface area contributed by atoms with E-state index in [4.69, 9.17) is 11.3 Å². The predicted molar refractivity (Wildman–Crippen MR) is 90.1 cm³/mol. The van der Waals surface area contributed by atoms with Gasteiger partial charge in [0.1, 0.15) is 5.60 Å². The molecule has 116 valence electrons. The molecule has 0 saturated heterocycles. The number of nitrogens with zero attached hydrogens (tertiary/aromatic N) is 2. The van der Waals surface area contributed by atoms with Crippen LogP contribution in [0, 0.1) is 6.57 Å². The minimum atomic E-state index is -0.621. The van der Waals surface area contributed by atoms with Gasteiger partial charge >= 0.3 is 5.97 Å². The number of hydrogen-bond acceptors (Lipinski definition) is 3. The molecule has 0 fully saturated rings. The normalized spacial score (nSPS) is 11.7. The molecule has 4 heteroatoms. The van der Waals surface area contributed by atoms with Crippen LogP contribution in [0.15, 0.2) is 54.4 Å². The van der Waals surface area contributed by atoms with Gasteiger partial charge in [-0.2, -0.15) is 0 Å². The maximum atomic E-state index is 12.0. The average Bonchev–Trinajstić information content (AvgIpc) is 2.52. The Bertz CT molecular complexity index is 749. The van der Waals surface area contributed by atoms with E-state index in [0.717, 1.165) is 16.8 Å². The van der Waals surface area contributed by atoms with Crippen molar-refractivity contribution in [2.75, 3.05) is 0 Å². The standard InChI is InChI=1S/C19H18N2O2/c1-19(2,3)23-18(22)17(20-4)13-14-8-10-15(11-9-14)16-7-5-6-12-21-16/h5-13H,1-3H3/b17-13+. The first kappa shape index (κ1) is 16.4. The second-order valence-electron chi connectivity index (χ2n) is 5.98. The summed E-state index contributed by atoms with van der Waals surface area (Å²) in [7, 11) is 0. The van der Waals surface area contributed by atoms with Crippen molar-refractivity contribution in [1.82, 2.24) is 4.98 Å². The molecule has 1 aromatic carbocycles. The summed E-state index contributed by atoms with van der Waals surface area (Å²) < 4.78 is 5.23. The van der Waals surface area contributed by atoms with Crippen LogP contribution < -0.4 is 0 Å². The zero-order valence-corrected chi connectivity index (χ0v) is 13.4. The predicted octanol–water partition coefficient (Wildman–Crippen LogP) is 4.35. The molecule has 0 N–H and O–H groups in total. The highest BCUT2D eigenvalue weighted by atomic mass is 16.6. The Morgan fingerprint density at radius 1 is 1.17 bits per heavy atom. The van der Waals surface area contributed by atoms with Crippen molar-refractivity contribution < 1.29 is 9.53 Å². The lowest BCUT2D eigenvalue weighted by atomic mass is 10.1. The topological polar surface area (TPSA) is 43.5 Å². The van der Waals surface area contributed by atoms with Crippen LogP contribution in [0.5, 0.6) is 0 Å². The Morgan fingerprint density at radius 2 is 1.87 bits per heavy atom. The third-order valence-electron chi connectivity index (χ3n) is 2.90. The Hall–Kier alpha value is -2.93. The van der Waals surface area contributed by atoms with Gasteiger partial charge in [-0.25, -0.2) is 4.85 Å². The lowest BCUT2D eigenvalue weighted by Gasteiger charge is -2.19. The monoisotopic (exact) mass is 306 g/mol. The van der Waals surface area contributed by atoms with Crippen LogP contribution in [0.25, 0.3) is 22.2 Å². The quantitative estimate of drug-likeness (QED) is 0.481. The van der Waals surface area contributed by atoms with E-state index in [-0.39, 0.29) is 5.70 Å². The molecule has 0 spiro atoms. The van der Waals surface area contributed by atoms with Crippen molar-refractivity contribution in [3.63, 3.8) is 0 Å². The van der Waals surface area contributed by atoms with Crippen LogP contribution in [0.2, 0.25) is 0 Å². The average molecular weight is 306 g/mol. The van der Waals surface area contributed by atoms with Gasteiger partial charge in [-0.3, -0.25) is 9.78 Å². The van der Waals surface area contributed by atoms with Gasteiger partial charge in [0, 0.05) is 11.8 Å². The van der Waals surface area contributed by atoms with E-state index in [1.54, 1.807) is 27.0 Å². The summed E-state index contributed by atoms with van der Waals surface area (Å²) in [5, 5.41) is 0. The fourth-order valence-electron chi connectivity index (χ4n) is 1.91. The van der Waals surface area contributed by atoms with Crippen molar-refractivity contribution in [2.24, 2.45) is 0 Å². The lowest BCUT2D eigenvalue weighted by molar-refractivity contribution is -0.149. The summed E-state index contributed by atoms with van der Waals surface area (Å²) in [5.74, 6) is -0.610. The fourth-order valence-corrected chi connectivity index (χ4v) is 1.91. The summed E-state index contributed by atoms with van der Waals surface area (Å²) in [5.41, 5.74) is 1.96. The molecule has 2 rings (SSSR count). The van der Waals surface area contributed by atoms with Gasteiger partial charge in [0.15, 0.2) is 0 Å². The molecule has 1 aromatic heterocycles. The van der Waals surface area contributed by atoms with Gasteiger partial charge in [0.25, 0.3) is 5.70 Å². The van der Waals surface area contributed by atoms with E-state index in [1.165, 1.54) is 6.08 Å². The van der Waals surface area contributed by atoms with Gasteiger partial charge < -0.3 is 4.74 Å². The molecule has 0 aliphatic heterocycles. The van der Waals surface area contributed by atoms with Gasteiger partial charge in [0.05, 0.1) is 12.3 Å². The van der Waals surface area contributed by atoms with E-state index in [2.05, 4.69) is 9.83 Å². The summed E-state index contributed by atoms with van der Waals surface area (Å²) in [6.07, 6.45) is 3.27. The smallest absolute Gasteiger partial charge is 0.336 e. The maximum absolute atomic E-state index is 12.0. The molecule has 4 nitrogen and oxygen atoms in total. The molecule has 0 amide bonds. The Kier molecular flexibility index (Phi) is 4.92. The van der Waals surface area contributed by atoms with Gasteiger partial charge in [-0.1, -0.05) is 30.3 Å². The maximum Gasteiger partial charge on any atom is 0.336 e. The molecule has 0 unspecified atom stereocenters. The first-order valence-electron chi connectivity index (χ1n) is 7.23. The number of carbonyl (C=O) groups is 1. The number of hydrogen-bond donors (Lipinski definition) is 0. The Labute approximate surface area is 136 Å². The molecule has 0 saturated carbocycles. The van der Waals surface area contributed by atoms with E-state index >= 15 is 0 Å². The SMILES string of the molecule is [C-]#[N+]/C(=C/c1ccc(-c2ccccn2)cc1)C(=O)OC(C)(C)C. The number of pyridine rings is 1. The molecule has 0 atom stereocenters. The number of aromatic nitrogens is 1. The summed E-state index contributed by atoms with van der Waals surface area (Å²) in [4.78, 5) is 19.5. The third kappa shape index (κ3) is 4.79. The fraction of sp³-hybridized carbons (Fsp3) is 0.211. The number of esters is 1. The second-order valence-corrected chi connectivity index (χ2v) is 5.98. The molecule has 1 heterocycles. The third-order valence-corrected chi connectivity index (χ3v) is 2.90. The van der Waals surface area contributed by atoms with Crippen LogP contribution in [-0.4, -0.2) is 16.6 Å². The highest BCUT2D eigenvalue weighted by molar-refractivity contribution is 5.95. The largest absolute Gasteiger partial charge is 0.465 e. The van der Waals surface area contributed by atoms with Crippen molar-refractivity contribution in [3.8, 4) is 11.3 Å². The van der Waals surface area contributed by atoms with Crippen LogP contribution in [0.3, 0.4) is 0 Å². The summed E-state index contributed by atoms with van der Waals surface area (Å²) in [6.45, 7) is 12.5. The van der Waals surface area contributed by atoms with E-state index in [0.29, 0.717) is 0 Å². The zero-order valence-electron chi connectivity index (χ0n) is 13.4. The Balaban J connectivity index is 2.21. The van der Waals surface area contributed by atoms with Crippen LogP contribution in [0.4, 0.5) is 0 Å². The molecule has 0 radical (unpaired) electrons. The summed E-state index contributed by atoms with van der Waals surface area (Å²) in [6, 6.07) is 13.2. The van der Waals surface area contributed by atoms with Gasteiger partial charge in [-0.15, -0.1) is 0 Å². The highest BCUT2D eigenvalue weighted by Crippen LogP contribution is 2.19. The van der Waals surface area contributed by atoms with Crippen LogP contribution >= 0.6 is 0 Å². The molecular formula is C19H18N2O2. The molecule has 0 bridgehead atoms. The van der Waals surface area contributed by atoms with Gasteiger partial charge in [0.2, 0.25) is 0 Å². The minimum absolute atomic E-state index is 0.0366. The number of rotatable bonds is 3. The molecule has 0 aliphatic carbocycles.